The Morgan fingerprint density at radius 2 is 1.83 bits per heavy atom. The summed E-state index contributed by atoms with van der Waals surface area (Å²) in [6.45, 7) is 1.97. The van der Waals surface area contributed by atoms with Crippen LogP contribution < -0.4 is 10.7 Å². The lowest BCUT2D eigenvalue weighted by Crippen LogP contribution is -2.05. The van der Waals surface area contributed by atoms with E-state index in [-0.39, 0.29) is 17.3 Å². The third-order valence-corrected chi connectivity index (χ3v) is 4.85. The summed E-state index contributed by atoms with van der Waals surface area (Å²) in [5, 5.41) is 6.89. The summed E-state index contributed by atoms with van der Waals surface area (Å²) in [7, 11) is 0. The number of benzene rings is 1. The quantitative estimate of drug-likeness (QED) is 0.196. The van der Waals surface area contributed by atoms with Gasteiger partial charge in [-0.25, -0.2) is 19.8 Å². The molecule has 0 unspecified atom stereocenters. The monoisotopic (exact) mass is 481 g/mol. The molecule has 4 rings (SSSR count). The van der Waals surface area contributed by atoms with Gasteiger partial charge >= 0.3 is 6.18 Å². The van der Waals surface area contributed by atoms with Crippen LogP contribution in [-0.2, 0) is 12.6 Å². The van der Waals surface area contributed by atoms with E-state index in [9.17, 15) is 17.6 Å². The molecule has 0 aliphatic rings. The predicted octanol–water partition coefficient (Wildman–Crippen LogP) is 5.84. The van der Waals surface area contributed by atoms with Gasteiger partial charge in [0.2, 0.25) is 5.95 Å². The first-order chi connectivity index (χ1) is 16.8. The van der Waals surface area contributed by atoms with E-state index in [0.717, 1.165) is 30.3 Å². The summed E-state index contributed by atoms with van der Waals surface area (Å²) in [6.07, 6.45) is 3.47. The Kier molecular flexibility index (Phi) is 6.95. The van der Waals surface area contributed by atoms with Gasteiger partial charge in [-0.2, -0.15) is 18.3 Å². The number of hydrogen-bond acceptors (Lipinski definition) is 7. The van der Waals surface area contributed by atoms with Crippen LogP contribution in [0.5, 0.6) is 0 Å². The minimum absolute atomic E-state index is 0.0855. The van der Waals surface area contributed by atoms with Gasteiger partial charge in [-0.3, -0.25) is 9.97 Å². The molecule has 4 aromatic rings. The molecule has 0 aliphatic carbocycles. The third-order valence-electron chi connectivity index (χ3n) is 4.85. The zero-order chi connectivity index (χ0) is 24.8. The number of hydrazone groups is 1. The molecule has 3 aromatic heterocycles. The first-order valence-electron chi connectivity index (χ1n) is 10.5. The number of aromatic nitrogens is 4. The number of nitrogens with one attached hydrogen (secondary N) is 2. The average Bonchev–Trinajstić information content (AvgIpc) is 2.86. The number of halogens is 4. The Balaban J connectivity index is 1.41. The Hall–Kier alpha value is -4.41. The molecular formula is C24H19F4N7. The highest BCUT2D eigenvalue weighted by Crippen LogP contribution is 2.31. The minimum Gasteiger partial charge on any atom is -0.354 e. The number of hydrogen-bond donors (Lipinski definition) is 2. The predicted molar refractivity (Wildman–Crippen MR) is 125 cm³/mol. The molecular weight excluding hydrogens is 462 g/mol. The van der Waals surface area contributed by atoms with E-state index in [0.29, 0.717) is 16.9 Å². The molecule has 35 heavy (non-hydrogen) atoms. The van der Waals surface area contributed by atoms with Gasteiger partial charge < -0.3 is 5.32 Å². The molecule has 0 saturated carbocycles. The van der Waals surface area contributed by atoms with Crippen molar-refractivity contribution in [1.29, 1.82) is 0 Å². The Bertz CT molecular complexity index is 1340. The highest BCUT2D eigenvalue weighted by Gasteiger charge is 2.30. The summed E-state index contributed by atoms with van der Waals surface area (Å²) in [6, 6.07) is 9.96. The van der Waals surface area contributed by atoms with E-state index in [1.165, 1.54) is 30.7 Å². The van der Waals surface area contributed by atoms with Crippen molar-refractivity contribution in [3.8, 4) is 11.3 Å². The average molecular weight is 481 g/mol. The van der Waals surface area contributed by atoms with Crippen molar-refractivity contribution in [3.05, 3.63) is 89.9 Å². The van der Waals surface area contributed by atoms with Crippen LogP contribution in [0.25, 0.3) is 11.3 Å². The van der Waals surface area contributed by atoms with Gasteiger partial charge in [0.25, 0.3) is 0 Å². The normalized spacial score (nSPS) is 11.6. The van der Waals surface area contributed by atoms with Crippen LogP contribution in [-0.4, -0.2) is 26.2 Å². The zero-order valence-electron chi connectivity index (χ0n) is 18.4. The van der Waals surface area contributed by atoms with Gasteiger partial charge in [0, 0.05) is 23.6 Å². The van der Waals surface area contributed by atoms with E-state index >= 15 is 0 Å². The van der Waals surface area contributed by atoms with Crippen molar-refractivity contribution in [3.63, 3.8) is 0 Å². The van der Waals surface area contributed by atoms with E-state index in [4.69, 9.17) is 0 Å². The van der Waals surface area contributed by atoms with E-state index in [2.05, 4.69) is 35.8 Å². The van der Waals surface area contributed by atoms with Crippen LogP contribution in [0.1, 0.15) is 23.7 Å². The van der Waals surface area contributed by atoms with Gasteiger partial charge in [0.1, 0.15) is 5.69 Å². The van der Waals surface area contributed by atoms with Crippen molar-refractivity contribution in [1.82, 2.24) is 19.9 Å². The van der Waals surface area contributed by atoms with Crippen LogP contribution >= 0.6 is 0 Å². The largest absolute Gasteiger partial charge is 0.416 e. The van der Waals surface area contributed by atoms with E-state index in [1.807, 2.05) is 13.0 Å². The molecule has 11 heteroatoms. The summed E-state index contributed by atoms with van der Waals surface area (Å²) in [5.41, 5.74) is 4.72. The second-order valence-corrected chi connectivity index (χ2v) is 7.37. The van der Waals surface area contributed by atoms with Gasteiger partial charge in [-0.1, -0.05) is 13.0 Å². The number of alkyl halides is 3. The minimum atomic E-state index is -4.42. The third kappa shape index (κ3) is 6.14. The van der Waals surface area contributed by atoms with Crippen LogP contribution in [0.3, 0.4) is 0 Å². The van der Waals surface area contributed by atoms with Crippen molar-refractivity contribution in [2.24, 2.45) is 5.10 Å². The molecule has 0 radical (unpaired) electrons. The van der Waals surface area contributed by atoms with Gasteiger partial charge in [-0.05, 0) is 48.4 Å². The second-order valence-electron chi connectivity index (χ2n) is 7.37. The topological polar surface area (TPSA) is 88.0 Å². The highest BCUT2D eigenvalue weighted by atomic mass is 19.4. The molecule has 0 saturated heterocycles. The molecule has 0 bridgehead atoms. The maximum atomic E-state index is 14.3. The summed E-state index contributed by atoms with van der Waals surface area (Å²) < 4.78 is 52.9. The van der Waals surface area contributed by atoms with E-state index in [1.54, 1.807) is 18.3 Å². The highest BCUT2D eigenvalue weighted by molar-refractivity contribution is 5.78. The molecule has 1 aromatic carbocycles. The molecule has 0 spiro atoms. The Morgan fingerprint density at radius 1 is 0.971 bits per heavy atom. The Labute approximate surface area is 198 Å². The molecule has 0 aliphatic heterocycles. The van der Waals surface area contributed by atoms with Gasteiger partial charge in [0.05, 0.1) is 35.6 Å². The number of rotatable bonds is 7. The first-order valence-corrected chi connectivity index (χ1v) is 10.5. The number of aryl methyl sites for hydroxylation is 1. The number of anilines is 3. The van der Waals surface area contributed by atoms with Gasteiger partial charge in [-0.15, -0.1) is 0 Å². The van der Waals surface area contributed by atoms with Gasteiger partial charge in [0.15, 0.2) is 5.82 Å². The molecule has 7 nitrogen and oxygen atoms in total. The fraction of sp³-hybridized carbons (Fsp3) is 0.125. The maximum absolute atomic E-state index is 14.3. The van der Waals surface area contributed by atoms with Crippen LogP contribution in [0.2, 0.25) is 0 Å². The summed E-state index contributed by atoms with van der Waals surface area (Å²) in [5.74, 6) is -0.498. The zero-order valence-corrected chi connectivity index (χ0v) is 18.4. The lowest BCUT2D eigenvalue weighted by molar-refractivity contribution is -0.137. The number of pyridine rings is 2. The van der Waals surface area contributed by atoms with Crippen molar-refractivity contribution in [2.45, 2.75) is 19.5 Å². The standard InChI is InChI=1S/C24H19F4N7/c1-2-15-8-16(11-29-10-15)22-21(25)14-31-23(34-22)35-32-13-19-6-7-20(12-30-19)33-18-5-3-4-17(9-18)24(26,27)28/h3-14,33H,2H2,1H3,(H,31,34,35)/b32-13+. The van der Waals surface area contributed by atoms with Crippen molar-refractivity contribution >= 4 is 23.5 Å². The fourth-order valence-corrected chi connectivity index (χ4v) is 3.09. The Morgan fingerprint density at radius 3 is 2.57 bits per heavy atom. The lowest BCUT2D eigenvalue weighted by Gasteiger charge is -2.10. The number of nitrogens with zero attached hydrogens (tertiary/aromatic N) is 5. The smallest absolute Gasteiger partial charge is 0.354 e. The van der Waals surface area contributed by atoms with Crippen LogP contribution in [0.15, 0.2) is 72.4 Å². The molecule has 0 atom stereocenters. The second kappa shape index (κ2) is 10.2. The van der Waals surface area contributed by atoms with Crippen molar-refractivity contribution < 1.29 is 17.6 Å². The molecule has 3 heterocycles. The summed E-state index contributed by atoms with van der Waals surface area (Å²) >= 11 is 0. The molecule has 2 N–H and O–H groups in total. The van der Waals surface area contributed by atoms with Crippen molar-refractivity contribution in [2.75, 3.05) is 10.7 Å². The van der Waals surface area contributed by atoms with Crippen LogP contribution in [0.4, 0.5) is 34.9 Å². The maximum Gasteiger partial charge on any atom is 0.416 e. The SMILES string of the molecule is CCc1cncc(-c2nc(N/N=C/c3ccc(Nc4cccc(C(F)(F)F)c4)cn3)ncc2F)c1. The van der Waals surface area contributed by atoms with Crippen LogP contribution in [0, 0.1) is 5.82 Å². The molecule has 178 valence electrons. The van der Waals surface area contributed by atoms with E-state index < -0.39 is 17.6 Å². The summed E-state index contributed by atoms with van der Waals surface area (Å²) in [4.78, 5) is 16.4. The first kappa shape index (κ1) is 23.7. The lowest BCUT2D eigenvalue weighted by atomic mass is 10.1. The molecule has 0 amide bonds. The fourth-order valence-electron chi connectivity index (χ4n) is 3.09. The molecule has 0 fully saturated rings.